The maximum atomic E-state index is 3.66. The lowest BCUT2D eigenvalue weighted by Gasteiger charge is -2.55. The van der Waals surface area contributed by atoms with Crippen molar-refractivity contribution in [3.05, 3.63) is 113 Å². The number of rotatable bonds is 5. The summed E-state index contributed by atoms with van der Waals surface area (Å²) in [6.07, 6.45) is 8.44. The van der Waals surface area contributed by atoms with Crippen LogP contribution in [-0.4, -0.2) is 0 Å². The molecule has 0 radical (unpaired) electrons. The number of aryl methyl sites for hydroxylation is 1. The van der Waals surface area contributed by atoms with Crippen molar-refractivity contribution in [2.45, 2.75) is 100 Å². The minimum absolute atomic E-state index is 0.591. The van der Waals surface area contributed by atoms with E-state index in [1.807, 2.05) is 20.8 Å². The average Bonchev–Trinajstić information content (AvgIpc) is 2.84. The van der Waals surface area contributed by atoms with Crippen molar-refractivity contribution in [3.8, 4) is 0 Å². The van der Waals surface area contributed by atoms with E-state index in [-0.39, 0.29) is 0 Å². The van der Waals surface area contributed by atoms with E-state index in [9.17, 15) is 0 Å². The second kappa shape index (κ2) is 15.6. The minimum atomic E-state index is 0.591. The third kappa shape index (κ3) is 9.33. The van der Waals surface area contributed by atoms with Gasteiger partial charge in [0.15, 0.2) is 0 Å². The van der Waals surface area contributed by atoms with Gasteiger partial charge in [-0.25, -0.2) is 0 Å². The van der Waals surface area contributed by atoms with Crippen LogP contribution < -0.4 is 0 Å². The zero-order chi connectivity index (χ0) is 28.2. The summed E-state index contributed by atoms with van der Waals surface area (Å²) in [7, 11) is 0. The molecule has 4 rings (SSSR count). The fourth-order valence-electron chi connectivity index (χ4n) is 5.24. The number of allylic oxidation sites excluding steroid dienone is 4. The van der Waals surface area contributed by atoms with Gasteiger partial charge in [0.25, 0.3) is 0 Å². The lowest BCUT2D eigenvalue weighted by molar-refractivity contribution is 0.0246. The van der Waals surface area contributed by atoms with Crippen LogP contribution in [0.15, 0.2) is 91.1 Å². The van der Waals surface area contributed by atoms with Crippen molar-refractivity contribution in [2.24, 2.45) is 11.3 Å². The van der Waals surface area contributed by atoms with Gasteiger partial charge < -0.3 is 0 Å². The summed E-state index contributed by atoms with van der Waals surface area (Å²) >= 11 is 0. The van der Waals surface area contributed by atoms with Gasteiger partial charge in [-0.2, -0.15) is 0 Å². The quantitative estimate of drug-likeness (QED) is 0.359. The Morgan fingerprint density at radius 1 is 0.919 bits per heavy atom. The molecule has 2 aliphatic carbocycles. The van der Waals surface area contributed by atoms with E-state index >= 15 is 0 Å². The van der Waals surface area contributed by atoms with E-state index in [0.717, 1.165) is 17.1 Å². The zero-order valence-electron chi connectivity index (χ0n) is 25.5. The first-order valence-electron chi connectivity index (χ1n) is 14.4. The van der Waals surface area contributed by atoms with Crippen LogP contribution in [0.5, 0.6) is 0 Å². The molecule has 0 heteroatoms. The minimum Gasteiger partial charge on any atom is -0.0985 e. The number of hydrogen-bond donors (Lipinski definition) is 0. The second-order valence-corrected chi connectivity index (χ2v) is 11.2. The average molecular weight is 499 g/mol. The van der Waals surface area contributed by atoms with Crippen LogP contribution in [0.4, 0.5) is 0 Å². The summed E-state index contributed by atoms with van der Waals surface area (Å²) in [6.45, 7) is 30.1. The van der Waals surface area contributed by atoms with Gasteiger partial charge in [0, 0.05) is 0 Å². The van der Waals surface area contributed by atoms with Crippen molar-refractivity contribution >= 4 is 5.57 Å². The lowest BCUT2D eigenvalue weighted by atomic mass is 9.49. The zero-order valence-corrected chi connectivity index (χ0v) is 25.5. The Kier molecular flexibility index (Phi) is 13.7. The molecule has 2 aromatic carbocycles. The Labute approximate surface area is 230 Å². The van der Waals surface area contributed by atoms with E-state index in [0.29, 0.717) is 11.3 Å². The lowest BCUT2D eigenvalue weighted by Crippen LogP contribution is -2.43. The summed E-state index contributed by atoms with van der Waals surface area (Å²) in [5.41, 5.74) is 11.3. The fraction of sp³-hybridized carbons (Fsp3) is 0.459. The second-order valence-electron chi connectivity index (χ2n) is 11.2. The molecular weight excluding hydrogens is 444 g/mol. The Morgan fingerprint density at radius 3 is 1.68 bits per heavy atom. The summed E-state index contributed by atoms with van der Waals surface area (Å²) in [4.78, 5) is 0. The highest BCUT2D eigenvalue weighted by molar-refractivity contribution is 5.83. The fourth-order valence-corrected chi connectivity index (χ4v) is 5.24. The molecule has 202 valence electrons. The molecule has 2 fully saturated rings. The first-order chi connectivity index (χ1) is 17.6. The molecule has 0 atom stereocenters. The van der Waals surface area contributed by atoms with Crippen LogP contribution in [0.2, 0.25) is 0 Å². The molecule has 0 bridgehead atoms. The predicted molar refractivity (Wildman–Crippen MR) is 169 cm³/mol. The molecule has 0 nitrogen and oxygen atoms in total. The van der Waals surface area contributed by atoms with Gasteiger partial charge in [-0.15, -0.1) is 0 Å². The van der Waals surface area contributed by atoms with E-state index in [2.05, 4.69) is 110 Å². The molecule has 37 heavy (non-hydrogen) atoms. The highest BCUT2D eigenvalue weighted by Gasteiger charge is 2.49. The molecule has 0 heterocycles. The molecule has 2 aliphatic rings. The summed E-state index contributed by atoms with van der Waals surface area (Å²) in [5, 5.41) is 0. The topological polar surface area (TPSA) is 0 Å². The summed E-state index contributed by atoms with van der Waals surface area (Å²) in [5.74, 6) is 1.53. The Bertz CT molecular complexity index is 1010. The molecular formula is C37H54. The first kappa shape index (κ1) is 32.4. The van der Waals surface area contributed by atoms with Gasteiger partial charge in [0.2, 0.25) is 0 Å². The summed E-state index contributed by atoms with van der Waals surface area (Å²) in [6, 6.07) is 18.4. The van der Waals surface area contributed by atoms with Crippen molar-refractivity contribution < 1.29 is 0 Å². The molecule has 0 aromatic heterocycles. The standard InChI is InChI=1S/C25H30.C7H10.C3H8.C2H6/c1-17(2)20-9-11-22(12-10-20)24(21-7-5-18(3)6-8-21)23-15-25(16-23)13-19(4)14-25;1-5-7(4)6(2)3;1-3-2;1-2/h5-12,17,19H,13-16H2,1-4H3;5H,1-2,4H2,3H3;3H2,1-2H3;1-2H3. The molecule has 0 amide bonds. The largest absolute Gasteiger partial charge is 0.0985 e. The molecule has 1 spiro atoms. The van der Waals surface area contributed by atoms with Gasteiger partial charge in [-0.05, 0) is 84.6 Å². The van der Waals surface area contributed by atoms with Crippen molar-refractivity contribution in [3.63, 3.8) is 0 Å². The van der Waals surface area contributed by atoms with Crippen molar-refractivity contribution in [1.29, 1.82) is 0 Å². The van der Waals surface area contributed by atoms with Crippen LogP contribution in [-0.2, 0) is 0 Å². The third-order valence-corrected chi connectivity index (χ3v) is 7.09. The van der Waals surface area contributed by atoms with Crippen LogP contribution in [0.3, 0.4) is 0 Å². The van der Waals surface area contributed by atoms with Gasteiger partial charge in [0.05, 0.1) is 0 Å². The number of benzene rings is 2. The highest BCUT2D eigenvalue weighted by atomic mass is 14.5. The van der Waals surface area contributed by atoms with Gasteiger partial charge >= 0.3 is 0 Å². The Balaban J connectivity index is 0.000000485. The van der Waals surface area contributed by atoms with Crippen molar-refractivity contribution in [2.75, 3.05) is 0 Å². The van der Waals surface area contributed by atoms with Crippen molar-refractivity contribution in [1.82, 2.24) is 0 Å². The molecule has 2 aromatic rings. The SMILES string of the molecule is C=CC(=C)C(=C)C.CC.CCC.Cc1ccc(C(=C2CC3(C2)CC(C)C3)c2ccc(C(C)C)cc2)cc1. The molecule has 2 saturated carbocycles. The van der Waals surface area contributed by atoms with E-state index in [4.69, 9.17) is 0 Å². The molecule has 0 saturated heterocycles. The third-order valence-electron chi connectivity index (χ3n) is 7.09. The molecule has 0 N–H and O–H groups in total. The normalized spacial score (nSPS) is 19.0. The van der Waals surface area contributed by atoms with Gasteiger partial charge in [-0.1, -0.05) is 146 Å². The van der Waals surface area contributed by atoms with Gasteiger partial charge in [-0.3, -0.25) is 0 Å². The van der Waals surface area contributed by atoms with Crippen LogP contribution in [0.1, 0.15) is 116 Å². The number of hydrogen-bond acceptors (Lipinski definition) is 0. The first-order valence-corrected chi connectivity index (χ1v) is 14.4. The predicted octanol–water partition coefficient (Wildman–Crippen LogP) is 11.9. The maximum absolute atomic E-state index is 3.66. The van der Waals surface area contributed by atoms with Crippen LogP contribution in [0.25, 0.3) is 5.57 Å². The summed E-state index contributed by atoms with van der Waals surface area (Å²) < 4.78 is 0. The van der Waals surface area contributed by atoms with E-state index < -0.39 is 0 Å². The van der Waals surface area contributed by atoms with Gasteiger partial charge in [0.1, 0.15) is 0 Å². The van der Waals surface area contributed by atoms with E-state index in [1.54, 1.807) is 11.6 Å². The highest BCUT2D eigenvalue weighted by Crippen LogP contribution is 2.62. The Hall–Kier alpha value is -2.60. The maximum Gasteiger partial charge on any atom is -0.0119 e. The van der Waals surface area contributed by atoms with E-state index in [1.165, 1.54) is 59.9 Å². The monoisotopic (exact) mass is 498 g/mol. The molecule has 0 aliphatic heterocycles. The van der Waals surface area contributed by atoms with Crippen LogP contribution >= 0.6 is 0 Å². The smallest absolute Gasteiger partial charge is 0.0119 e. The Morgan fingerprint density at radius 2 is 1.35 bits per heavy atom. The van der Waals surface area contributed by atoms with Crippen LogP contribution in [0, 0.1) is 18.3 Å². The molecule has 0 unspecified atom stereocenters.